The van der Waals surface area contributed by atoms with E-state index in [4.69, 9.17) is 0 Å². The van der Waals surface area contributed by atoms with Crippen LogP contribution in [0.5, 0.6) is 0 Å². The number of nitrogens with one attached hydrogen (secondary N) is 2. The molecule has 0 radical (unpaired) electrons. The molecule has 0 atom stereocenters. The smallest absolute Gasteiger partial charge is 0.251 e. The van der Waals surface area contributed by atoms with E-state index < -0.39 is 0 Å². The van der Waals surface area contributed by atoms with Crippen molar-refractivity contribution in [3.05, 3.63) is 117 Å². The maximum absolute atomic E-state index is 13.3. The van der Waals surface area contributed by atoms with Crippen LogP contribution in [0.4, 0.5) is 5.69 Å². The Morgan fingerprint density at radius 1 is 0.886 bits per heavy atom. The summed E-state index contributed by atoms with van der Waals surface area (Å²) in [5, 5.41) is 3.12. The van der Waals surface area contributed by atoms with Gasteiger partial charge in [-0.3, -0.25) is 9.59 Å². The monoisotopic (exact) mass is 460 g/mol. The van der Waals surface area contributed by atoms with E-state index in [0.29, 0.717) is 0 Å². The predicted octanol–water partition coefficient (Wildman–Crippen LogP) is 6.68. The summed E-state index contributed by atoms with van der Waals surface area (Å²) in [5.74, 6) is -0.0830. The molecule has 1 aliphatic rings. The summed E-state index contributed by atoms with van der Waals surface area (Å²) in [6, 6.07) is 23.9. The molecule has 1 heterocycles. The molecule has 0 aliphatic heterocycles. The highest BCUT2D eigenvalue weighted by atomic mass is 16.1. The van der Waals surface area contributed by atoms with Crippen molar-refractivity contribution in [3.63, 3.8) is 0 Å². The summed E-state index contributed by atoms with van der Waals surface area (Å²) in [7, 11) is 0. The van der Waals surface area contributed by atoms with Crippen molar-refractivity contribution in [2.75, 3.05) is 5.32 Å². The highest BCUT2D eigenvalue weighted by molar-refractivity contribution is 6.07. The van der Waals surface area contributed by atoms with E-state index in [1.54, 1.807) is 12.3 Å². The lowest BCUT2D eigenvalue weighted by molar-refractivity contribution is -0.112. The van der Waals surface area contributed by atoms with Crippen LogP contribution in [0, 0.1) is 13.8 Å². The highest BCUT2D eigenvalue weighted by Crippen LogP contribution is 2.30. The minimum Gasteiger partial charge on any atom is -0.361 e. The van der Waals surface area contributed by atoms with Crippen LogP contribution in [0.2, 0.25) is 0 Å². The zero-order valence-corrected chi connectivity index (χ0v) is 20.0. The second-order valence-corrected chi connectivity index (χ2v) is 9.17. The maximum Gasteiger partial charge on any atom is 0.251 e. The summed E-state index contributed by atoms with van der Waals surface area (Å²) >= 11 is 0. The normalized spacial score (nSPS) is 12.9. The van der Waals surface area contributed by atoms with Crippen LogP contribution < -0.4 is 10.7 Å². The van der Waals surface area contributed by atoms with Crippen molar-refractivity contribution in [2.24, 2.45) is 0 Å². The molecule has 0 spiro atoms. The number of carbonyl (C=O) groups excluding carboxylic acids is 1. The first-order valence-corrected chi connectivity index (χ1v) is 12.0. The van der Waals surface area contributed by atoms with Gasteiger partial charge in [0.2, 0.25) is 0 Å². The first kappa shape index (κ1) is 22.6. The molecule has 1 aromatic heterocycles. The van der Waals surface area contributed by atoms with Crippen molar-refractivity contribution in [1.29, 1.82) is 0 Å². The number of aromatic amines is 1. The van der Waals surface area contributed by atoms with E-state index in [-0.39, 0.29) is 11.3 Å². The van der Waals surface area contributed by atoms with Gasteiger partial charge in [0, 0.05) is 40.8 Å². The number of pyridine rings is 1. The van der Waals surface area contributed by atoms with E-state index in [1.165, 1.54) is 22.8 Å². The van der Waals surface area contributed by atoms with Crippen LogP contribution in [0.3, 0.4) is 0 Å². The first-order valence-electron chi connectivity index (χ1n) is 12.0. The van der Waals surface area contributed by atoms with Crippen molar-refractivity contribution >= 4 is 17.7 Å². The van der Waals surface area contributed by atoms with Gasteiger partial charge in [0.1, 0.15) is 0 Å². The minimum atomic E-state index is -0.0830. The van der Waals surface area contributed by atoms with Gasteiger partial charge < -0.3 is 10.3 Å². The molecule has 4 nitrogen and oxygen atoms in total. The zero-order valence-electron chi connectivity index (χ0n) is 20.0. The molecule has 4 aromatic rings. The second-order valence-electron chi connectivity index (χ2n) is 9.17. The topological polar surface area (TPSA) is 62.0 Å². The third-order valence-corrected chi connectivity index (χ3v) is 6.69. The fourth-order valence-corrected chi connectivity index (χ4v) is 4.66. The predicted molar refractivity (Wildman–Crippen MR) is 143 cm³/mol. The number of fused-ring (bicyclic) bond motifs is 1. The minimum absolute atomic E-state index is 0.0557. The van der Waals surface area contributed by atoms with Gasteiger partial charge in [0.15, 0.2) is 5.43 Å². The maximum atomic E-state index is 13.3. The number of hydrogen-bond donors (Lipinski definition) is 2. The lowest BCUT2D eigenvalue weighted by Crippen LogP contribution is -2.15. The Hall–Kier alpha value is -4.18. The molecule has 35 heavy (non-hydrogen) atoms. The number of hydrogen-bond acceptors (Lipinski definition) is 2. The summed E-state index contributed by atoms with van der Waals surface area (Å²) in [6.45, 7) is 4.05. The van der Waals surface area contributed by atoms with Crippen LogP contribution in [-0.2, 0) is 11.2 Å². The van der Waals surface area contributed by atoms with Crippen LogP contribution in [0.1, 0.15) is 35.1 Å². The lowest BCUT2D eigenvalue weighted by Gasteiger charge is -2.14. The first-order chi connectivity index (χ1) is 17.0. The van der Waals surface area contributed by atoms with Gasteiger partial charge in [-0.1, -0.05) is 54.1 Å². The van der Waals surface area contributed by atoms with Crippen molar-refractivity contribution < 1.29 is 4.79 Å². The zero-order chi connectivity index (χ0) is 24.4. The molecule has 1 aliphatic carbocycles. The number of rotatable bonds is 4. The number of aryl methyl sites for hydroxylation is 2. The van der Waals surface area contributed by atoms with Gasteiger partial charge in [0.25, 0.3) is 5.91 Å². The molecule has 0 unspecified atom stereocenters. The summed E-state index contributed by atoms with van der Waals surface area (Å²) in [6.07, 6.45) is 6.29. The van der Waals surface area contributed by atoms with E-state index in [1.807, 2.05) is 31.2 Å². The third kappa shape index (κ3) is 4.87. The third-order valence-electron chi connectivity index (χ3n) is 6.69. The van der Waals surface area contributed by atoms with Crippen molar-refractivity contribution in [2.45, 2.75) is 33.1 Å². The van der Waals surface area contributed by atoms with Crippen LogP contribution in [-0.4, -0.2) is 10.9 Å². The molecule has 1 amide bonds. The number of H-pyrrole nitrogens is 1. The highest BCUT2D eigenvalue weighted by Gasteiger charge is 2.17. The fourth-order valence-electron chi connectivity index (χ4n) is 4.66. The standard InChI is InChI=1S/C31H28N2O2/c1-20-9-11-23(12-10-20)24-14-13-22-5-3-6-25(18-26(22)17-24)31(35)33-29-8-4-7-28(21(29)2)30-19-27(34)15-16-32-30/h4,7-19H,3,5-6H2,1-2H3,(H,32,34)(H,33,35). The molecule has 0 saturated heterocycles. The lowest BCUT2D eigenvalue weighted by atomic mass is 9.97. The van der Waals surface area contributed by atoms with E-state index in [2.05, 4.69) is 59.7 Å². The van der Waals surface area contributed by atoms with Crippen molar-refractivity contribution in [3.8, 4) is 22.4 Å². The van der Waals surface area contributed by atoms with E-state index in [9.17, 15) is 9.59 Å². The number of amides is 1. The molecule has 0 bridgehead atoms. The molecular formula is C31H28N2O2. The van der Waals surface area contributed by atoms with Crippen molar-refractivity contribution in [1.82, 2.24) is 4.98 Å². The van der Waals surface area contributed by atoms with Gasteiger partial charge >= 0.3 is 0 Å². The Morgan fingerprint density at radius 3 is 2.49 bits per heavy atom. The summed E-state index contributed by atoms with van der Waals surface area (Å²) in [4.78, 5) is 28.3. The summed E-state index contributed by atoms with van der Waals surface area (Å²) in [5.41, 5.74) is 9.96. The molecule has 0 saturated carbocycles. The number of aromatic nitrogens is 1. The Morgan fingerprint density at radius 2 is 1.69 bits per heavy atom. The molecule has 2 N–H and O–H groups in total. The molecule has 5 rings (SSSR count). The average Bonchev–Trinajstić information content (AvgIpc) is 3.08. The summed E-state index contributed by atoms with van der Waals surface area (Å²) < 4.78 is 0. The van der Waals surface area contributed by atoms with Gasteiger partial charge in [-0.2, -0.15) is 0 Å². The quantitative estimate of drug-likeness (QED) is 0.357. The SMILES string of the molecule is Cc1ccc(-c2ccc3c(c2)C=C(C(=O)Nc2cccc(-c4cc(=O)cc[nH]4)c2C)CCC3)cc1. The Balaban J connectivity index is 1.44. The Labute approximate surface area is 205 Å². The van der Waals surface area contributed by atoms with Gasteiger partial charge in [-0.15, -0.1) is 0 Å². The molecule has 0 fully saturated rings. The Kier molecular flexibility index (Phi) is 6.19. The fraction of sp³-hybridized carbons (Fsp3) is 0.161. The second kappa shape index (κ2) is 9.59. The molecule has 174 valence electrons. The van der Waals surface area contributed by atoms with Gasteiger partial charge in [-0.05, 0) is 79.1 Å². The number of anilines is 1. The van der Waals surface area contributed by atoms with Crippen LogP contribution >= 0.6 is 0 Å². The number of carbonyl (C=O) groups is 1. The van der Waals surface area contributed by atoms with Crippen LogP contribution in [0.15, 0.2) is 89.4 Å². The largest absolute Gasteiger partial charge is 0.361 e. The van der Waals surface area contributed by atoms with E-state index >= 15 is 0 Å². The molecule has 4 heteroatoms. The number of benzene rings is 3. The van der Waals surface area contributed by atoms with Crippen LogP contribution in [0.25, 0.3) is 28.5 Å². The van der Waals surface area contributed by atoms with E-state index in [0.717, 1.165) is 58.5 Å². The van der Waals surface area contributed by atoms with Gasteiger partial charge in [-0.25, -0.2) is 0 Å². The average molecular weight is 461 g/mol. The molecule has 3 aromatic carbocycles. The van der Waals surface area contributed by atoms with Gasteiger partial charge in [0.05, 0.1) is 0 Å². The Bertz CT molecular complexity index is 1490. The molecular weight excluding hydrogens is 432 g/mol.